The molecule has 0 spiro atoms. The Bertz CT molecular complexity index is 269. The molecule has 1 unspecified atom stereocenters. The van der Waals surface area contributed by atoms with Crippen LogP contribution in [-0.4, -0.2) is 38.5 Å². The molecule has 0 aromatic heterocycles. The van der Waals surface area contributed by atoms with E-state index in [4.69, 9.17) is 10.2 Å². The first kappa shape index (κ1) is 15.5. The molecule has 92 valence electrons. The van der Waals surface area contributed by atoms with Crippen molar-refractivity contribution in [1.29, 1.82) is 0 Å². The van der Waals surface area contributed by atoms with E-state index in [1.54, 1.807) is 0 Å². The number of hydrogen-bond acceptors (Lipinski definition) is 7. The van der Waals surface area contributed by atoms with Crippen LogP contribution in [0.2, 0.25) is 0 Å². The van der Waals surface area contributed by atoms with Crippen molar-refractivity contribution in [3.8, 4) is 0 Å². The third-order valence-corrected chi connectivity index (χ3v) is 3.95. The van der Waals surface area contributed by atoms with Crippen molar-refractivity contribution in [2.45, 2.75) is 18.6 Å². The highest BCUT2D eigenvalue weighted by Crippen LogP contribution is 2.27. The van der Waals surface area contributed by atoms with E-state index in [1.165, 1.54) is 6.92 Å². The maximum Gasteiger partial charge on any atom is 0.390 e. The molecule has 0 heterocycles. The Labute approximate surface area is 104 Å². The molecule has 0 bridgehead atoms. The van der Waals surface area contributed by atoms with Crippen molar-refractivity contribution in [2.75, 3.05) is 5.75 Å². The van der Waals surface area contributed by atoms with E-state index < -0.39 is 22.5 Å². The Balaban J connectivity index is 3.52. The summed E-state index contributed by atoms with van der Waals surface area (Å²) in [6, 6.07) is 0. The van der Waals surface area contributed by atoms with Gasteiger partial charge in [0.05, 0.1) is 18.5 Å². The number of rotatable bonds is 7. The molecule has 0 aromatic carbocycles. The van der Waals surface area contributed by atoms with Gasteiger partial charge in [-0.25, -0.2) is 4.79 Å². The number of hydrogen-bond donors (Lipinski definition) is 2. The van der Waals surface area contributed by atoms with Crippen molar-refractivity contribution in [1.82, 2.24) is 0 Å². The number of carbonyl (C=O) groups is 3. The van der Waals surface area contributed by atoms with Crippen LogP contribution in [0.5, 0.6) is 0 Å². The smallest absolute Gasteiger partial charge is 0.390 e. The van der Waals surface area contributed by atoms with Crippen LogP contribution in [0.25, 0.3) is 0 Å². The highest BCUT2D eigenvalue weighted by atomic mass is 33.1. The lowest BCUT2D eigenvalue weighted by Gasteiger charge is -2.04. The quantitative estimate of drug-likeness (QED) is 0.414. The minimum Gasteiger partial charge on any atom is -0.481 e. The second-order valence-corrected chi connectivity index (χ2v) is 5.88. The molecule has 0 aliphatic carbocycles. The Morgan fingerprint density at radius 3 is 2.44 bits per heavy atom. The van der Waals surface area contributed by atoms with Gasteiger partial charge in [-0.15, -0.1) is 0 Å². The van der Waals surface area contributed by atoms with E-state index in [1.807, 2.05) is 0 Å². The van der Waals surface area contributed by atoms with Crippen LogP contribution in [-0.2, 0) is 13.8 Å². The maximum atomic E-state index is 11.0. The lowest BCUT2D eigenvalue weighted by atomic mass is 10.5. The molecule has 0 saturated heterocycles. The standard InChI is InChI=1S/C7H10O6S3/c1-4(6(10)11)15-13-7(12)16-14-3-2-5(8)9/h4H,2-3H2,1H3,(H,8,9)(H,10,11). The molecule has 0 radical (unpaired) electrons. The Morgan fingerprint density at radius 2 is 1.94 bits per heavy atom. The van der Waals surface area contributed by atoms with Gasteiger partial charge >= 0.3 is 17.2 Å². The van der Waals surface area contributed by atoms with E-state index in [2.05, 4.69) is 4.18 Å². The molecule has 0 rings (SSSR count). The second kappa shape index (κ2) is 8.59. The molecule has 9 heteroatoms. The predicted molar refractivity (Wildman–Crippen MR) is 63.5 cm³/mol. The van der Waals surface area contributed by atoms with Gasteiger partial charge in [-0.2, -0.15) is 0 Å². The summed E-state index contributed by atoms with van der Waals surface area (Å²) in [7, 11) is 1.80. The van der Waals surface area contributed by atoms with Gasteiger partial charge in [0.15, 0.2) is 0 Å². The number of carboxylic acids is 2. The predicted octanol–water partition coefficient (Wildman–Crippen LogP) is 2.10. The molecule has 0 aliphatic rings. The van der Waals surface area contributed by atoms with E-state index in [0.717, 1.165) is 21.6 Å². The summed E-state index contributed by atoms with van der Waals surface area (Å²) in [6.07, 6.45) is -0.0381. The van der Waals surface area contributed by atoms with E-state index in [9.17, 15) is 14.4 Å². The fourth-order valence-corrected chi connectivity index (χ4v) is 2.40. The summed E-state index contributed by atoms with van der Waals surface area (Å²) in [6.45, 7) is 1.39. The zero-order valence-corrected chi connectivity index (χ0v) is 10.7. The normalized spacial score (nSPS) is 11.8. The van der Waals surface area contributed by atoms with E-state index in [-0.39, 0.29) is 12.2 Å². The highest BCUT2D eigenvalue weighted by Gasteiger charge is 2.16. The van der Waals surface area contributed by atoms with Crippen LogP contribution in [0, 0.1) is 0 Å². The Hall–Kier alpha value is -0.540. The van der Waals surface area contributed by atoms with Crippen molar-refractivity contribution >= 4 is 50.9 Å². The third kappa shape index (κ3) is 8.74. The van der Waals surface area contributed by atoms with Crippen molar-refractivity contribution < 1.29 is 28.8 Å². The summed E-state index contributed by atoms with van der Waals surface area (Å²) in [4.78, 5) is 31.5. The molecule has 0 aromatic rings. The monoisotopic (exact) mass is 286 g/mol. The van der Waals surface area contributed by atoms with Gasteiger partial charge in [-0.05, 0) is 6.92 Å². The van der Waals surface area contributed by atoms with Gasteiger partial charge < -0.3 is 14.4 Å². The fraction of sp³-hybridized carbons (Fsp3) is 0.571. The minimum absolute atomic E-state index is 0.0381. The number of carbonyl (C=O) groups excluding carboxylic acids is 1. The molecular formula is C7H10O6S3. The molecule has 16 heavy (non-hydrogen) atoms. The van der Waals surface area contributed by atoms with Crippen molar-refractivity contribution in [3.63, 3.8) is 0 Å². The van der Waals surface area contributed by atoms with Crippen LogP contribution in [0.1, 0.15) is 13.3 Å². The summed E-state index contributed by atoms with van der Waals surface area (Å²) in [5.74, 6) is -1.72. The first-order chi connectivity index (χ1) is 7.43. The highest BCUT2D eigenvalue weighted by molar-refractivity contribution is 8.82. The van der Waals surface area contributed by atoms with Crippen molar-refractivity contribution in [2.24, 2.45) is 0 Å². The lowest BCUT2D eigenvalue weighted by molar-refractivity contribution is -0.137. The average Bonchev–Trinajstić information content (AvgIpc) is 2.20. The van der Waals surface area contributed by atoms with Gasteiger partial charge in [0, 0.05) is 16.5 Å². The second-order valence-electron chi connectivity index (χ2n) is 2.46. The Kier molecular flexibility index (Phi) is 8.30. The summed E-state index contributed by atoms with van der Waals surface area (Å²) in [5, 5.41) is 15.3. The molecule has 2 N–H and O–H groups in total. The van der Waals surface area contributed by atoms with Gasteiger partial charge in [0.1, 0.15) is 5.25 Å². The molecule has 0 fully saturated rings. The van der Waals surface area contributed by atoms with Crippen LogP contribution in [0.4, 0.5) is 4.79 Å². The molecule has 0 aliphatic heterocycles. The summed E-state index contributed by atoms with van der Waals surface area (Å²) < 4.78 is 4.56. The molecule has 6 nitrogen and oxygen atoms in total. The number of aliphatic carboxylic acids is 2. The van der Waals surface area contributed by atoms with Crippen LogP contribution >= 0.6 is 33.6 Å². The largest absolute Gasteiger partial charge is 0.481 e. The van der Waals surface area contributed by atoms with Gasteiger partial charge in [0.2, 0.25) is 0 Å². The first-order valence-electron chi connectivity index (χ1n) is 4.05. The molecule has 0 saturated carbocycles. The van der Waals surface area contributed by atoms with Gasteiger partial charge in [0.25, 0.3) is 0 Å². The van der Waals surface area contributed by atoms with Gasteiger partial charge in [-0.1, -0.05) is 10.8 Å². The molecule has 1 atom stereocenters. The zero-order chi connectivity index (χ0) is 12.6. The molecular weight excluding hydrogens is 276 g/mol. The first-order valence-corrected chi connectivity index (χ1v) is 7.17. The number of carboxylic acid groups (broad SMARTS) is 2. The topological polar surface area (TPSA) is 101 Å². The van der Waals surface area contributed by atoms with Crippen LogP contribution in [0.15, 0.2) is 0 Å². The SMILES string of the molecule is CC(SOC(=O)SSCCC(=O)O)C(=O)O. The summed E-state index contributed by atoms with van der Waals surface area (Å²) >= 11 is 0.557. The zero-order valence-electron chi connectivity index (χ0n) is 8.24. The van der Waals surface area contributed by atoms with Crippen LogP contribution in [0.3, 0.4) is 0 Å². The summed E-state index contributed by atoms with van der Waals surface area (Å²) in [5.41, 5.74) is 0. The van der Waals surface area contributed by atoms with Gasteiger partial charge in [-0.3, -0.25) is 9.59 Å². The lowest BCUT2D eigenvalue weighted by Crippen LogP contribution is -2.12. The fourth-order valence-electron chi connectivity index (χ4n) is 0.385. The Morgan fingerprint density at radius 1 is 1.31 bits per heavy atom. The average molecular weight is 286 g/mol. The minimum atomic E-state index is -1.07. The van der Waals surface area contributed by atoms with Crippen LogP contribution < -0.4 is 0 Å². The van der Waals surface area contributed by atoms with E-state index in [0.29, 0.717) is 12.0 Å². The third-order valence-electron chi connectivity index (χ3n) is 1.13. The van der Waals surface area contributed by atoms with Crippen molar-refractivity contribution in [3.05, 3.63) is 0 Å². The van der Waals surface area contributed by atoms with E-state index >= 15 is 0 Å². The maximum absolute atomic E-state index is 11.0. The molecule has 0 amide bonds.